The third-order valence-electron chi connectivity index (χ3n) is 6.21. The van der Waals surface area contributed by atoms with Gasteiger partial charge in [0.15, 0.2) is 0 Å². The molecule has 1 atom stereocenters. The van der Waals surface area contributed by atoms with Gasteiger partial charge in [-0.1, -0.05) is 42.5 Å². The SMILES string of the molecule is Cc1ccc(C(=O)N(CC(=O)N(Cc2ccccc2)Cc2cccs2)CC2CCCO2)cc1[N+](=O)[O-]. The number of nitro groups is 1. The summed E-state index contributed by atoms with van der Waals surface area (Å²) in [6.45, 7) is 3.21. The largest absolute Gasteiger partial charge is 0.376 e. The van der Waals surface area contributed by atoms with Gasteiger partial charge in [0.2, 0.25) is 5.91 Å². The van der Waals surface area contributed by atoms with Gasteiger partial charge in [0, 0.05) is 41.8 Å². The topological polar surface area (TPSA) is 93.0 Å². The van der Waals surface area contributed by atoms with E-state index in [4.69, 9.17) is 4.74 Å². The van der Waals surface area contributed by atoms with E-state index in [1.165, 1.54) is 11.0 Å². The van der Waals surface area contributed by atoms with Crippen molar-refractivity contribution in [2.75, 3.05) is 19.7 Å². The second kappa shape index (κ2) is 11.9. The molecule has 0 spiro atoms. The first-order valence-electron chi connectivity index (χ1n) is 11.9. The molecule has 36 heavy (non-hydrogen) atoms. The number of benzene rings is 2. The van der Waals surface area contributed by atoms with Crippen molar-refractivity contribution < 1.29 is 19.2 Å². The number of carbonyl (C=O) groups excluding carboxylic acids is 2. The van der Waals surface area contributed by atoms with E-state index in [0.717, 1.165) is 23.3 Å². The highest BCUT2D eigenvalue weighted by molar-refractivity contribution is 7.09. The quantitative estimate of drug-likeness (QED) is 0.290. The van der Waals surface area contributed by atoms with E-state index in [9.17, 15) is 19.7 Å². The molecule has 188 valence electrons. The molecule has 2 aromatic carbocycles. The summed E-state index contributed by atoms with van der Waals surface area (Å²) in [6.07, 6.45) is 1.53. The zero-order valence-electron chi connectivity index (χ0n) is 20.2. The molecule has 8 nitrogen and oxygen atoms in total. The Balaban J connectivity index is 1.58. The number of nitro benzene ring substituents is 1. The summed E-state index contributed by atoms with van der Waals surface area (Å²) in [5, 5.41) is 13.4. The molecule has 0 bridgehead atoms. The van der Waals surface area contributed by atoms with Crippen LogP contribution in [-0.4, -0.2) is 52.3 Å². The van der Waals surface area contributed by atoms with Gasteiger partial charge in [-0.3, -0.25) is 19.7 Å². The van der Waals surface area contributed by atoms with Crippen molar-refractivity contribution >= 4 is 28.8 Å². The summed E-state index contributed by atoms with van der Waals surface area (Å²) in [4.78, 5) is 42.3. The smallest absolute Gasteiger partial charge is 0.273 e. The molecule has 1 aromatic heterocycles. The summed E-state index contributed by atoms with van der Waals surface area (Å²) in [7, 11) is 0. The number of hydrogen-bond acceptors (Lipinski definition) is 6. The van der Waals surface area contributed by atoms with Gasteiger partial charge >= 0.3 is 0 Å². The lowest BCUT2D eigenvalue weighted by molar-refractivity contribution is -0.385. The number of rotatable bonds is 10. The fraction of sp³-hybridized carbons (Fsp3) is 0.333. The zero-order valence-corrected chi connectivity index (χ0v) is 21.0. The van der Waals surface area contributed by atoms with E-state index in [0.29, 0.717) is 25.3 Å². The lowest BCUT2D eigenvalue weighted by Gasteiger charge is -2.29. The molecule has 4 rings (SSSR count). The van der Waals surface area contributed by atoms with Crippen molar-refractivity contribution in [3.8, 4) is 0 Å². The van der Waals surface area contributed by atoms with Gasteiger partial charge in [-0.15, -0.1) is 11.3 Å². The Kier molecular flexibility index (Phi) is 8.45. The number of hydrogen-bond donors (Lipinski definition) is 0. The summed E-state index contributed by atoms with van der Waals surface area (Å²) in [5.41, 5.74) is 1.54. The van der Waals surface area contributed by atoms with E-state index in [1.54, 1.807) is 35.3 Å². The molecule has 0 radical (unpaired) electrons. The summed E-state index contributed by atoms with van der Waals surface area (Å²) >= 11 is 1.57. The van der Waals surface area contributed by atoms with E-state index in [-0.39, 0.29) is 36.4 Å². The maximum atomic E-state index is 13.6. The predicted octanol–water partition coefficient (Wildman–Crippen LogP) is 4.81. The normalized spacial score (nSPS) is 15.0. The van der Waals surface area contributed by atoms with Crippen LogP contribution in [0.5, 0.6) is 0 Å². The Bertz CT molecular complexity index is 1190. The van der Waals surface area contributed by atoms with Gasteiger partial charge in [-0.2, -0.15) is 0 Å². The fourth-order valence-corrected chi connectivity index (χ4v) is 4.98. The highest BCUT2D eigenvalue weighted by Gasteiger charge is 2.28. The van der Waals surface area contributed by atoms with Crippen molar-refractivity contribution in [2.24, 2.45) is 0 Å². The van der Waals surface area contributed by atoms with Crippen LogP contribution in [0, 0.1) is 17.0 Å². The van der Waals surface area contributed by atoms with Gasteiger partial charge in [-0.25, -0.2) is 0 Å². The Labute approximate surface area is 214 Å². The van der Waals surface area contributed by atoms with Crippen molar-refractivity contribution in [1.29, 1.82) is 0 Å². The molecule has 1 aliphatic heterocycles. The van der Waals surface area contributed by atoms with E-state index >= 15 is 0 Å². The van der Waals surface area contributed by atoms with Crippen molar-refractivity contribution in [1.82, 2.24) is 9.80 Å². The number of ether oxygens (including phenoxy) is 1. The molecule has 3 aromatic rings. The van der Waals surface area contributed by atoms with Gasteiger partial charge < -0.3 is 14.5 Å². The first-order valence-corrected chi connectivity index (χ1v) is 12.8. The first kappa shape index (κ1) is 25.5. The summed E-state index contributed by atoms with van der Waals surface area (Å²) in [5.74, 6) is -0.613. The lowest BCUT2D eigenvalue weighted by Crippen LogP contribution is -2.45. The average Bonchev–Trinajstić information content (AvgIpc) is 3.58. The van der Waals surface area contributed by atoms with Crippen LogP contribution < -0.4 is 0 Å². The van der Waals surface area contributed by atoms with Crippen LogP contribution in [0.2, 0.25) is 0 Å². The molecule has 1 fully saturated rings. The minimum atomic E-state index is -0.496. The van der Waals surface area contributed by atoms with Crippen LogP contribution in [0.1, 0.15) is 39.2 Å². The molecule has 1 aliphatic rings. The Hall–Kier alpha value is -3.56. The van der Waals surface area contributed by atoms with Crippen LogP contribution in [0.4, 0.5) is 5.69 Å². The van der Waals surface area contributed by atoms with E-state index < -0.39 is 10.8 Å². The molecule has 1 unspecified atom stereocenters. The summed E-state index contributed by atoms with van der Waals surface area (Å²) in [6, 6.07) is 18.1. The summed E-state index contributed by atoms with van der Waals surface area (Å²) < 4.78 is 5.75. The number of carbonyl (C=O) groups is 2. The lowest BCUT2D eigenvalue weighted by atomic mass is 10.1. The third-order valence-corrected chi connectivity index (χ3v) is 7.07. The van der Waals surface area contributed by atoms with Gasteiger partial charge in [-0.05, 0) is 42.8 Å². The van der Waals surface area contributed by atoms with Crippen LogP contribution in [0.3, 0.4) is 0 Å². The van der Waals surface area contributed by atoms with Crippen LogP contribution in [-0.2, 0) is 22.6 Å². The van der Waals surface area contributed by atoms with Crippen molar-refractivity contribution in [3.05, 3.63) is 97.7 Å². The highest BCUT2D eigenvalue weighted by Crippen LogP contribution is 2.22. The van der Waals surface area contributed by atoms with Crippen LogP contribution >= 0.6 is 11.3 Å². The second-order valence-electron chi connectivity index (χ2n) is 8.89. The standard InChI is InChI=1S/C27H29N3O5S/c1-20-11-12-22(15-25(20)30(33)34)27(32)29(17-23-9-5-13-35-23)19-26(31)28(18-24-10-6-14-36-24)16-21-7-3-2-4-8-21/h2-4,6-8,10-12,14-15,23H,5,9,13,16-19H2,1H3. The molecular formula is C27H29N3O5S. The predicted molar refractivity (Wildman–Crippen MR) is 138 cm³/mol. The molecule has 0 aliphatic carbocycles. The molecule has 0 N–H and O–H groups in total. The molecule has 9 heteroatoms. The number of aryl methyl sites for hydroxylation is 1. The monoisotopic (exact) mass is 507 g/mol. The van der Waals surface area contributed by atoms with Crippen molar-refractivity contribution in [2.45, 2.75) is 39.0 Å². The Morgan fingerprint density at radius 3 is 2.56 bits per heavy atom. The van der Waals surface area contributed by atoms with Gasteiger partial charge in [0.25, 0.3) is 11.6 Å². The van der Waals surface area contributed by atoms with Gasteiger partial charge in [0.05, 0.1) is 17.6 Å². The average molecular weight is 508 g/mol. The minimum Gasteiger partial charge on any atom is -0.376 e. The Morgan fingerprint density at radius 2 is 1.89 bits per heavy atom. The molecule has 0 saturated carbocycles. The molecule has 2 heterocycles. The number of amides is 2. The minimum absolute atomic E-state index is 0.118. The molecule has 2 amide bonds. The van der Waals surface area contributed by atoms with Crippen molar-refractivity contribution in [3.63, 3.8) is 0 Å². The van der Waals surface area contributed by atoms with Crippen LogP contribution in [0.15, 0.2) is 66.0 Å². The van der Waals surface area contributed by atoms with Crippen LogP contribution in [0.25, 0.3) is 0 Å². The number of thiophene rings is 1. The second-order valence-corrected chi connectivity index (χ2v) is 9.93. The third kappa shape index (κ3) is 6.56. The molecular weight excluding hydrogens is 478 g/mol. The first-order chi connectivity index (χ1) is 17.4. The Morgan fingerprint density at radius 1 is 1.08 bits per heavy atom. The highest BCUT2D eigenvalue weighted by atomic mass is 32.1. The van der Waals surface area contributed by atoms with E-state index in [2.05, 4.69) is 0 Å². The maximum Gasteiger partial charge on any atom is 0.273 e. The van der Waals surface area contributed by atoms with Gasteiger partial charge in [0.1, 0.15) is 6.54 Å². The zero-order chi connectivity index (χ0) is 25.5. The maximum absolute atomic E-state index is 13.6. The number of nitrogens with zero attached hydrogens (tertiary/aromatic N) is 3. The molecule has 1 saturated heterocycles. The van der Waals surface area contributed by atoms with E-state index in [1.807, 2.05) is 47.8 Å². The fourth-order valence-electron chi connectivity index (χ4n) is 4.27.